The lowest BCUT2D eigenvalue weighted by molar-refractivity contribution is -0.268. The Hall–Kier alpha value is -3.69. The minimum Gasteiger partial charge on any atom is -0.496 e. The average molecular weight is 659 g/mol. The van der Waals surface area contributed by atoms with E-state index in [0.29, 0.717) is 18.4 Å². The summed E-state index contributed by atoms with van der Waals surface area (Å²) in [5, 5.41) is 22.2. The zero-order valence-corrected chi connectivity index (χ0v) is 25.9. The summed E-state index contributed by atoms with van der Waals surface area (Å²) < 4.78 is 74.9. The van der Waals surface area contributed by atoms with Crippen LogP contribution in [0.5, 0.6) is 5.75 Å². The third kappa shape index (κ3) is 8.52. The van der Waals surface area contributed by atoms with Crippen molar-refractivity contribution in [2.24, 2.45) is 0 Å². The lowest BCUT2D eigenvalue weighted by atomic mass is 9.87. The quantitative estimate of drug-likeness (QED) is 0.260. The van der Waals surface area contributed by atoms with Gasteiger partial charge in [0.2, 0.25) is 0 Å². The number of hydrogen-bond acceptors (Lipinski definition) is 9. The molecule has 0 unspecified atom stereocenters. The van der Waals surface area contributed by atoms with Crippen molar-refractivity contribution in [1.29, 1.82) is 0 Å². The van der Waals surface area contributed by atoms with Crippen molar-refractivity contribution in [3.63, 3.8) is 0 Å². The van der Waals surface area contributed by atoms with Crippen LogP contribution >= 0.6 is 0 Å². The van der Waals surface area contributed by atoms with Gasteiger partial charge in [0.25, 0.3) is 0 Å². The number of fused-ring (bicyclic) bond motifs is 1. The van der Waals surface area contributed by atoms with E-state index in [9.17, 15) is 46.2 Å². The lowest BCUT2D eigenvalue weighted by Gasteiger charge is -2.44. The first-order valence-corrected chi connectivity index (χ1v) is 16.0. The van der Waals surface area contributed by atoms with E-state index in [1.807, 2.05) is 6.92 Å². The van der Waals surface area contributed by atoms with Gasteiger partial charge in [0, 0.05) is 18.2 Å². The summed E-state index contributed by atoms with van der Waals surface area (Å²) in [7, 11) is -2.99. The van der Waals surface area contributed by atoms with Crippen LogP contribution in [0.1, 0.15) is 75.1 Å². The summed E-state index contributed by atoms with van der Waals surface area (Å²) in [5.74, 6) is -5.55. The maximum Gasteiger partial charge on any atom is 0.492 e. The number of halogens is 3. The minimum atomic E-state index is -5.37. The summed E-state index contributed by atoms with van der Waals surface area (Å²) >= 11 is 0. The molecule has 0 aliphatic carbocycles. The Balaban J connectivity index is 2.31. The van der Waals surface area contributed by atoms with Gasteiger partial charge in [-0.1, -0.05) is 57.0 Å². The van der Waals surface area contributed by atoms with Crippen molar-refractivity contribution in [2.75, 3.05) is 12.9 Å². The highest BCUT2D eigenvalue weighted by atomic mass is 32.2. The van der Waals surface area contributed by atoms with Crippen LogP contribution in [-0.2, 0) is 35.6 Å². The summed E-state index contributed by atoms with van der Waals surface area (Å²) in [6.45, 7) is 3.28. The largest absolute Gasteiger partial charge is 0.496 e. The van der Waals surface area contributed by atoms with E-state index in [2.05, 4.69) is 5.32 Å². The normalized spacial score (nSPS) is 19.8. The molecule has 0 fully saturated rings. The van der Waals surface area contributed by atoms with Gasteiger partial charge in [-0.05, 0) is 36.1 Å². The Bertz CT molecular complexity index is 1470. The number of nitrogens with one attached hydrogen (secondary N) is 1. The number of hydroxylamine groups is 2. The Morgan fingerprint density at radius 2 is 1.71 bits per heavy atom. The molecule has 1 heterocycles. The van der Waals surface area contributed by atoms with Crippen LogP contribution in [-0.4, -0.2) is 72.2 Å². The fraction of sp³-hybridized carbons (Fsp3) is 0.500. The molecule has 3 rings (SSSR count). The maximum atomic E-state index is 14.2. The molecule has 15 heteroatoms. The van der Waals surface area contributed by atoms with E-state index < -0.39 is 70.1 Å². The number of alkyl halides is 3. The molecule has 11 nitrogen and oxygen atoms in total. The van der Waals surface area contributed by atoms with Crippen LogP contribution in [0.3, 0.4) is 0 Å². The number of hydrogen-bond donors (Lipinski definition) is 3. The topological polar surface area (TPSA) is 160 Å². The van der Waals surface area contributed by atoms with E-state index >= 15 is 0 Å². The van der Waals surface area contributed by atoms with Gasteiger partial charge in [-0.3, -0.25) is 9.59 Å². The van der Waals surface area contributed by atoms with Gasteiger partial charge in [0.1, 0.15) is 5.75 Å². The van der Waals surface area contributed by atoms with Crippen LogP contribution < -0.4 is 10.1 Å². The molecule has 0 bridgehead atoms. The molecule has 1 aliphatic rings. The number of nitrogens with zero attached hydrogens (tertiary/aromatic N) is 1. The van der Waals surface area contributed by atoms with E-state index in [-0.39, 0.29) is 41.2 Å². The number of carboxylic acid groups (broad SMARTS) is 2. The van der Waals surface area contributed by atoms with Crippen LogP contribution in [0.4, 0.5) is 13.2 Å². The number of unbranched alkanes of at least 4 members (excludes halogenated alkanes) is 1. The van der Waals surface area contributed by atoms with E-state index in [0.717, 1.165) is 5.06 Å². The second kappa shape index (κ2) is 14.6. The van der Waals surface area contributed by atoms with Gasteiger partial charge in [-0.25, -0.2) is 13.2 Å². The minimum absolute atomic E-state index is 0.0104. The predicted molar refractivity (Wildman–Crippen MR) is 155 cm³/mol. The van der Waals surface area contributed by atoms with E-state index in [1.54, 1.807) is 37.3 Å². The first-order chi connectivity index (χ1) is 21.1. The molecule has 2 atom stereocenters. The Kier molecular flexibility index (Phi) is 11.6. The van der Waals surface area contributed by atoms with E-state index in [1.165, 1.54) is 19.2 Å². The molecular formula is C30H37F3N2O9S. The van der Waals surface area contributed by atoms with Crippen LogP contribution in [0.2, 0.25) is 0 Å². The number of rotatable bonds is 14. The summed E-state index contributed by atoms with van der Waals surface area (Å²) in [4.78, 5) is 39.9. The summed E-state index contributed by atoms with van der Waals surface area (Å²) in [6.07, 6.45) is -5.29. The monoisotopic (exact) mass is 658 g/mol. The van der Waals surface area contributed by atoms with Gasteiger partial charge in [-0.2, -0.15) is 13.2 Å². The fourth-order valence-electron chi connectivity index (χ4n) is 5.58. The standard InChI is InChI=1S/C30H37F3N2O9S/c1-4-6-12-29(5-2)18-45(41,42)24-13-20(17-34-21(14-25(36)37)15-26(38)39)23(43-3)16-22(24)27(19-10-8-7-9-11-19)35(29)44-28(40)30(31,32)33/h7-11,13,16,21,27,34H,4-6,12,14-15,17-18H2,1-3H3,(H,36,37)(H,38,39)/t27-,29-/m1/s1. The number of benzene rings is 2. The smallest absolute Gasteiger partial charge is 0.492 e. The zero-order valence-electron chi connectivity index (χ0n) is 25.1. The number of carbonyl (C=O) groups excluding carboxylic acids is 1. The molecule has 0 aromatic heterocycles. The molecule has 248 valence electrons. The number of sulfone groups is 1. The Labute approximate surface area is 259 Å². The van der Waals surface area contributed by atoms with E-state index in [4.69, 9.17) is 9.57 Å². The lowest BCUT2D eigenvalue weighted by Crippen LogP contribution is -2.54. The van der Waals surface area contributed by atoms with Crippen molar-refractivity contribution in [2.45, 2.75) is 87.6 Å². The highest BCUT2D eigenvalue weighted by Crippen LogP contribution is 2.47. The molecule has 0 amide bonds. The molecular weight excluding hydrogens is 621 g/mol. The van der Waals surface area contributed by atoms with Gasteiger partial charge in [0.15, 0.2) is 9.84 Å². The molecule has 1 aliphatic heterocycles. The number of ether oxygens (including phenoxy) is 1. The van der Waals surface area contributed by atoms with Crippen molar-refractivity contribution >= 4 is 27.7 Å². The fourth-order valence-corrected chi connectivity index (χ4v) is 7.77. The predicted octanol–water partition coefficient (Wildman–Crippen LogP) is 4.64. The van der Waals surface area contributed by atoms with Gasteiger partial charge in [-0.15, -0.1) is 5.06 Å². The number of aliphatic carboxylic acids is 2. The van der Waals surface area contributed by atoms with Gasteiger partial charge in [0.05, 0.1) is 42.2 Å². The van der Waals surface area contributed by atoms with Crippen LogP contribution in [0.25, 0.3) is 0 Å². The molecule has 45 heavy (non-hydrogen) atoms. The third-order valence-electron chi connectivity index (χ3n) is 7.81. The number of methoxy groups -OCH3 is 1. The summed E-state index contributed by atoms with van der Waals surface area (Å²) in [5.41, 5.74) is -0.953. The van der Waals surface area contributed by atoms with Crippen molar-refractivity contribution in [3.05, 3.63) is 59.2 Å². The molecule has 0 radical (unpaired) electrons. The molecule has 0 spiro atoms. The number of carbonyl (C=O) groups is 3. The highest BCUT2D eigenvalue weighted by molar-refractivity contribution is 7.91. The van der Waals surface area contributed by atoms with Gasteiger partial charge < -0.3 is 25.1 Å². The second-order valence-corrected chi connectivity index (χ2v) is 12.9. The highest BCUT2D eigenvalue weighted by Gasteiger charge is 2.53. The second-order valence-electron chi connectivity index (χ2n) is 10.9. The zero-order chi connectivity index (χ0) is 33.6. The van der Waals surface area contributed by atoms with Crippen LogP contribution in [0, 0.1) is 0 Å². The van der Waals surface area contributed by atoms with Gasteiger partial charge >= 0.3 is 24.1 Å². The molecule has 3 N–H and O–H groups in total. The molecule has 2 aromatic rings. The maximum absolute atomic E-state index is 14.2. The molecule has 0 saturated heterocycles. The first-order valence-electron chi connectivity index (χ1n) is 14.3. The third-order valence-corrected chi connectivity index (χ3v) is 9.75. The average Bonchev–Trinajstić information content (AvgIpc) is 3.04. The summed E-state index contributed by atoms with van der Waals surface area (Å²) in [6, 6.07) is 8.44. The molecule has 2 aromatic carbocycles. The first kappa shape index (κ1) is 35.8. The van der Waals surface area contributed by atoms with Crippen LogP contribution in [0.15, 0.2) is 47.4 Å². The Morgan fingerprint density at radius 3 is 2.22 bits per heavy atom. The SMILES string of the molecule is CCCC[C@]1(CC)CS(=O)(=O)c2cc(CNC(CC(=O)O)CC(=O)O)c(OC)cc2[C@@H](c2ccccc2)N1OC(=O)C(F)(F)F. The number of carboxylic acids is 2. The van der Waals surface area contributed by atoms with Crippen molar-refractivity contribution < 1.29 is 55.8 Å². The molecule has 0 saturated carbocycles. The van der Waals surface area contributed by atoms with Crippen molar-refractivity contribution in [1.82, 2.24) is 10.4 Å². The Morgan fingerprint density at radius 1 is 1.09 bits per heavy atom. The van der Waals surface area contributed by atoms with Crippen molar-refractivity contribution in [3.8, 4) is 5.75 Å².